The fraction of sp³-hybridized carbons (Fsp3) is 0.540. The summed E-state index contributed by atoms with van der Waals surface area (Å²) in [6.45, 7) is 28.2. The van der Waals surface area contributed by atoms with Crippen LogP contribution in [0.1, 0.15) is 177 Å². The third kappa shape index (κ3) is 188. The smallest absolute Gasteiger partial charge is 0.327 e. The molecule has 380 valence electrons. The molecule has 0 spiro atoms. The average molecular weight is 921 g/mol. The maximum Gasteiger partial charge on any atom is 0.327 e. The monoisotopic (exact) mass is 921 g/mol. The summed E-state index contributed by atoms with van der Waals surface area (Å²) in [6.07, 6.45) is 31.0. The summed E-state index contributed by atoms with van der Waals surface area (Å²) in [6, 6.07) is 0. The van der Waals surface area contributed by atoms with Crippen molar-refractivity contribution in [3.8, 4) is 0 Å². The van der Waals surface area contributed by atoms with Gasteiger partial charge in [-0.25, -0.2) is 9.59 Å². The Kier molecular flexibility index (Phi) is 123. The fourth-order valence-corrected chi connectivity index (χ4v) is 2.09. The Bertz CT molecular complexity index is 1170. The van der Waals surface area contributed by atoms with Crippen LogP contribution in [0.25, 0.3) is 0 Å². The van der Waals surface area contributed by atoms with Crippen molar-refractivity contribution < 1.29 is 70.4 Å². The van der Waals surface area contributed by atoms with E-state index in [1.807, 2.05) is 85.8 Å². The number of hydrogen-bond donors (Lipinski definition) is 6. The van der Waals surface area contributed by atoms with Gasteiger partial charge in [0.25, 0.3) is 0 Å². The molecule has 1 aliphatic heterocycles. The van der Waals surface area contributed by atoms with Crippen LogP contribution in [0.2, 0.25) is 0 Å². The van der Waals surface area contributed by atoms with Gasteiger partial charge in [0, 0.05) is 32.8 Å². The number of ether oxygens (including phenoxy) is 1. The Morgan fingerprint density at radius 3 is 1.00 bits per heavy atom. The van der Waals surface area contributed by atoms with E-state index < -0.39 is 35.8 Å². The van der Waals surface area contributed by atoms with Crippen LogP contribution < -0.4 is 0 Å². The number of unbranched alkanes of at least 4 members (excludes halogenated alkanes) is 1. The van der Waals surface area contributed by atoms with Crippen molar-refractivity contribution in [3.63, 3.8) is 0 Å². The number of aliphatic carboxylic acids is 6. The first kappa shape index (κ1) is 89.2. The molecule has 0 saturated carbocycles. The number of cyclic esters (lactones) is 1. The van der Waals surface area contributed by atoms with Gasteiger partial charge >= 0.3 is 41.8 Å². The van der Waals surface area contributed by atoms with Crippen molar-refractivity contribution in [2.75, 3.05) is 0 Å². The molecule has 6 N–H and O–H groups in total. The first-order valence-electron chi connectivity index (χ1n) is 20.1. The number of rotatable bonds is 15. The van der Waals surface area contributed by atoms with Gasteiger partial charge < -0.3 is 35.4 Å². The minimum Gasteiger partial charge on any atom is -0.481 e. The lowest BCUT2D eigenvalue weighted by molar-refractivity contribution is -0.141. The van der Waals surface area contributed by atoms with Gasteiger partial charge in [0.05, 0.1) is 18.9 Å². The zero-order valence-electron chi connectivity index (χ0n) is 39.0. The van der Waals surface area contributed by atoms with Gasteiger partial charge in [0.1, 0.15) is 0 Å². The minimum atomic E-state index is -0.873. The number of allylic oxidation sites excluding steroid dienone is 10. The summed E-state index contributed by atoms with van der Waals surface area (Å²) in [5.74, 6) is -4.81. The maximum absolute atomic E-state index is 10.2. The second-order valence-electron chi connectivity index (χ2n) is 11.2. The summed E-state index contributed by atoms with van der Waals surface area (Å²) >= 11 is 0. The van der Waals surface area contributed by atoms with Crippen LogP contribution >= 0.6 is 0 Å². The Balaban J connectivity index is -0.0000000420. The van der Waals surface area contributed by atoms with Gasteiger partial charge in [0.2, 0.25) is 0 Å². The first-order chi connectivity index (χ1) is 28.7. The largest absolute Gasteiger partial charge is 0.481 e. The molecule has 0 aromatic carbocycles. The van der Waals surface area contributed by atoms with E-state index in [9.17, 15) is 33.6 Å². The fourth-order valence-electron chi connectivity index (χ4n) is 2.09. The van der Waals surface area contributed by atoms with Crippen LogP contribution in [-0.4, -0.2) is 78.5 Å². The predicted molar refractivity (Wildman–Crippen MR) is 271 cm³/mol. The molecular weight excluding hydrogens is 825 g/mol. The maximum atomic E-state index is 10.2. The van der Waals surface area contributed by atoms with Crippen LogP contribution in [0.5, 0.6) is 0 Å². The summed E-state index contributed by atoms with van der Waals surface area (Å²) in [5.41, 5.74) is 0. The molecule has 14 nitrogen and oxygen atoms in total. The Hall–Kier alpha value is -5.79. The van der Waals surface area contributed by atoms with Crippen molar-refractivity contribution in [2.24, 2.45) is 0 Å². The second-order valence-corrected chi connectivity index (χ2v) is 11.2. The van der Waals surface area contributed by atoms with E-state index >= 15 is 0 Å². The molecule has 0 aromatic rings. The summed E-state index contributed by atoms with van der Waals surface area (Å²) in [7, 11) is 0. The van der Waals surface area contributed by atoms with E-state index in [4.69, 9.17) is 35.4 Å². The number of hydrogen-bond acceptors (Lipinski definition) is 8. The van der Waals surface area contributed by atoms with E-state index in [0.717, 1.165) is 50.7 Å². The molecule has 0 amide bonds. The highest BCUT2D eigenvalue weighted by Crippen LogP contribution is 2.11. The van der Waals surface area contributed by atoms with Crippen molar-refractivity contribution in [1.29, 1.82) is 0 Å². The van der Waals surface area contributed by atoms with Crippen LogP contribution in [0.15, 0.2) is 98.2 Å². The molecule has 1 fully saturated rings. The number of carbonyl (C=O) groups excluding carboxylic acids is 1. The third-order valence-corrected chi connectivity index (χ3v) is 5.40. The molecule has 1 atom stereocenters. The number of carboxylic acids is 6. The predicted octanol–water partition coefficient (Wildman–Crippen LogP) is 14.1. The van der Waals surface area contributed by atoms with Gasteiger partial charge in [-0.1, -0.05) is 129 Å². The van der Waals surface area contributed by atoms with E-state index in [1.54, 1.807) is 56.4 Å². The van der Waals surface area contributed by atoms with Gasteiger partial charge in [-0.15, -0.1) is 13.2 Å². The number of carboxylic acid groups (broad SMARTS) is 6. The Labute approximate surface area is 391 Å². The summed E-state index contributed by atoms with van der Waals surface area (Å²) < 4.78 is 4.72. The van der Waals surface area contributed by atoms with Gasteiger partial charge in [-0.3, -0.25) is 24.0 Å². The molecule has 1 heterocycles. The topological polar surface area (TPSA) is 250 Å². The van der Waals surface area contributed by atoms with Gasteiger partial charge in [0.15, 0.2) is 0 Å². The van der Waals surface area contributed by atoms with Crippen molar-refractivity contribution in [3.05, 3.63) is 98.2 Å². The van der Waals surface area contributed by atoms with E-state index in [0.29, 0.717) is 19.3 Å². The van der Waals surface area contributed by atoms with Crippen molar-refractivity contribution >= 4 is 41.8 Å². The standard InChI is InChI=1S/C5H8O2.C5H10O2.5C5H8O2.3C4H8.3CH4.H2/c1-4-2-3-5(6)7-4;6*1-2-3-4-5(6)7;3*1-3-4-2;;;;/h4H,2-3H2,1H3;2-4H2,1H3,(H,6,7);2*3-4H,2H2,1H3,(H,6,7);2*2-3H,4H2,1H3,(H,6,7);2H,1,3-4H2,(H,6,7);2*3-4H,1-2H3;3H,1,4H2,2H3;3*1H4;1H/b;;4-3+;4-3-;3-2+;3-2-;;4-3+;4-3-;;;;;. The molecule has 1 unspecified atom stereocenters. The minimum absolute atomic E-state index is 0. The lowest BCUT2D eigenvalue weighted by Gasteiger charge is -1.95. The normalized spacial score (nSPS) is 11.0. The summed E-state index contributed by atoms with van der Waals surface area (Å²) in [4.78, 5) is 68.5. The molecule has 0 bridgehead atoms. The quantitative estimate of drug-likeness (QED) is 0.0508. The summed E-state index contributed by atoms with van der Waals surface area (Å²) in [5, 5.41) is 47.9. The van der Waals surface area contributed by atoms with Gasteiger partial charge in [-0.2, -0.15) is 0 Å². The van der Waals surface area contributed by atoms with Crippen LogP contribution in [0.4, 0.5) is 0 Å². The zero-order chi connectivity index (χ0) is 49.7. The second kappa shape index (κ2) is 88.4. The lowest BCUT2D eigenvalue weighted by Crippen LogP contribution is -1.98. The molecule has 0 radical (unpaired) electrons. The Morgan fingerprint density at radius 2 is 0.922 bits per heavy atom. The van der Waals surface area contributed by atoms with E-state index in [1.165, 1.54) is 0 Å². The SMILES string of the molecule is C.C.C.C/C=C/C.C/C=C/CC(=O)O.C/C=C\C.C/C=C\CC(=O)O.C=CCC.C=CCCC(=O)O.CC/C=C/C(=O)O.CC/C=C\C(=O)O.CC1CCC(=O)O1.CCCCC(=O)O.[HH]. The Morgan fingerprint density at radius 1 is 0.578 bits per heavy atom. The molecule has 1 aliphatic rings. The zero-order valence-corrected chi connectivity index (χ0v) is 39.0. The highest BCUT2D eigenvalue weighted by molar-refractivity contribution is 5.80. The molecular formula is C50H96O14. The van der Waals surface area contributed by atoms with Crippen molar-refractivity contribution in [1.82, 2.24) is 0 Å². The molecule has 1 saturated heterocycles. The number of esters is 1. The third-order valence-electron chi connectivity index (χ3n) is 5.40. The average Bonchev–Trinajstić information content (AvgIpc) is 3.61. The van der Waals surface area contributed by atoms with E-state index in [2.05, 4.69) is 20.1 Å². The molecule has 1 rings (SSSR count). The van der Waals surface area contributed by atoms with Crippen LogP contribution in [0.3, 0.4) is 0 Å². The van der Waals surface area contributed by atoms with Crippen LogP contribution in [0, 0.1) is 0 Å². The highest BCUT2D eigenvalue weighted by Gasteiger charge is 2.17. The van der Waals surface area contributed by atoms with Crippen LogP contribution in [-0.2, 0) is 38.3 Å². The molecule has 0 aromatic heterocycles. The number of carbonyl (C=O) groups is 7. The van der Waals surface area contributed by atoms with E-state index in [-0.39, 0.29) is 55.0 Å². The molecule has 64 heavy (non-hydrogen) atoms. The molecule has 14 heteroatoms. The first-order valence-corrected chi connectivity index (χ1v) is 20.1. The lowest BCUT2D eigenvalue weighted by atomic mass is 10.3. The molecule has 0 aliphatic carbocycles. The highest BCUT2D eigenvalue weighted by atomic mass is 16.5. The van der Waals surface area contributed by atoms with Gasteiger partial charge in [-0.05, 0) is 87.0 Å². The van der Waals surface area contributed by atoms with Crippen molar-refractivity contribution in [2.45, 2.75) is 182 Å².